The molecule has 6 heteroatoms. The number of phenols is 1. The van der Waals surface area contributed by atoms with Gasteiger partial charge in [0, 0.05) is 11.3 Å². The van der Waals surface area contributed by atoms with E-state index in [1.807, 2.05) is 30.3 Å². The van der Waals surface area contributed by atoms with Gasteiger partial charge >= 0.3 is 0 Å². The molecule has 0 spiro atoms. The number of fused-ring (bicyclic) bond motifs is 1. The lowest BCUT2D eigenvalue weighted by Gasteiger charge is -2.09. The van der Waals surface area contributed by atoms with Crippen molar-refractivity contribution in [2.45, 2.75) is 19.8 Å². The Morgan fingerprint density at radius 3 is 2.80 bits per heavy atom. The first-order valence-electron chi connectivity index (χ1n) is 9.87. The minimum atomic E-state index is -0.273. The van der Waals surface area contributed by atoms with Crippen LogP contribution in [0.3, 0.4) is 0 Å². The van der Waals surface area contributed by atoms with E-state index >= 15 is 0 Å². The molecule has 3 aromatic carbocycles. The number of aromatic hydroxyl groups is 1. The number of nitrogens with one attached hydrogen (secondary N) is 1. The molecule has 1 amide bonds. The lowest BCUT2D eigenvalue weighted by molar-refractivity contribution is 0.102. The fraction of sp³-hybridized carbons (Fsp3) is 0.167. The zero-order valence-corrected chi connectivity index (χ0v) is 16.6. The van der Waals surface area contributed by atoms with E-state index in [0.29, 0.717) is 40.3 Å². The summed E-state index contributed by atoms with van der Waals surface area (Å²) in [6.45, 7) is 2.72. The van der Waals surface area contributed by atoms with Crippen molar-refractivity contribution < 1.29 is 19.1 Å². The molecule has 4 aromatic rings. The molecule has 6 nitrogen and oxygen atoms in total. The quantitative estimate of drug-likeness (QED) is 0.309. The molecule has 1 aromatic heterocycles. The van der Waals surface area contributed by atoms with Gasteiger partial charge in [0.1, 0.15) is 17.0 Å². The first-order chi connectivity index (χ1) is 14.6. The molecule has 0 fully saturated rings. The maximum absolute atomic E-state index is 12.7. The number of benzene rings is 3. The largest absolute Gasteiger partial charge is 0.507 e. The van der Waals surface area contributed by atoms with Gasteiger partial charge in [-0.15, -0.1) is 0 Å². The van der Waals surface area contributed by atoms with Crippen LogP contribution in [0.15, 0.2) is 71.1 Å². The fourth-order valence-electron chi connectivity index (χ4n) is 3.04. The summed E-state index contributed by atoms with van der Waals surface area (Å²) in [7, 11) is 0. The molecule has 30 heavy (non-hydrogen) atoms. The molecule has 0 aliphatic carbocycles. The van der Waals surface area contributed by atoms with Gasteiger partial charge in [0.05, 0.1) is 12.2 Å². The summed E-state index contributed by atoms with van der Waals surface area (Å²) in [5.41, 5.74) is 2.73. The molecule has 4 rings (SSSR count). The fourth-order valence-corrected chi connectivity index (χ4v) is 3.04. The van der Waals surface area contributed by atoms with Crippen molar-refractivity contribution in [3.63, 3.8) is 0 Å². The van der Waals surface area contributed by atoms with Gasteiger partial charge in [-0.2, -0.15) is 0 Å². The van der Waals surface area contributed by atoms with Crippen LogP contribution >= 0.6 is 0 Å². The topological polar surface area (TPSA) is 84.6 Å². The van der Waals surface area contributed by atoms with Crippen molar-refractivity contribution in [2.24, 2.45) is 0 Å². The highest BCUT2D eigenvalue weighted by Crippen LogP contribution is 2.33. The molecule has 0 saturated heterocycles. The lowest BCUT2D eigenvalue weighted by Crippen LogP contribution is -2.12. The summed E-state index contributed by atoms with van der Waals surface area (Å²) >= 11 is 0. The zero-order chi connectivity index (χ0) is 20.9. The number of hydrogen-bond donors (Lipinski definition) is 2. The Hall–Kier alpha value is -3.80. The number of phenolic OH excluding ortho intramolecular Hbond substituents is 1. The van der Waals surface area contributed by atoms with Gasteiger partial charge in [-0.05, 0) is 55.0 Å². The number of amides is 1. The van der Waals surface area contributed by atoms with Gasteiger partial charge in [-0.3, -0.25) is 4.79 Å². The predicted molar refractivity (Wildman–Crippen MR) is 116 cm³/mol. The summed E-state index contributed by atoms with van der Waals surface area (Å²) in [5.74, 6) is 0.695. The molecule has 0 unspecified atom stereocenters. The van der Waals surface area contributed by atoms with E-state index in [9.17, 15) is 9.90 Å². The Morgan fingerprint density at radius 1 is 1.10 bits per heavy atom. The van der Waals surface area contributed by atoms with Gasteiger partial charge in [-0.1, -0.05) is 31.5 Å². The van der Waals surface area contributed by atoms with Crippen molar-refractivity contribution in [1.29, 1.82) is 0 Å². The molecule has 0 saturated carbocycles. The third-order valence-corrected chi connectivity index (χ3v) is 4.64. The summed E-state index contributed by atoms with van der Waals surface area (Å²) in [5, 5.41) is 13.1. The molecule has 1 heterocycles. The predicted octanol–water partition coefficient (Wildman–Crippen LogP) is 5.63. The molecule has 152 valence electrons. The maximum Gasteiger partial charge on any atom is 0.255 e. The Kier molecular flexibility index (Phi) is 5.66. The third-order valence-electron chi connectivity index (χ3n) is 4.64. The average molecular weight is 402 g/mol. The Labute approximate surface area is 174 Å². The van der Waals surface area contributed by atoms with E-state index in [1.165, 1.54) is 6.07 Å². The molecule has 0 aliphatic rings. The number of carbonyl (C=O) groups is 1. The molecular formula is C24H22N2O4. The van der Waals surface area contributed by atoms with Crippen molar-refractivity contribution in [3.05, 3.63) is 72.3 Å². The van der Waals surface area contributed by atoms with Crippen LogP contribution in [0.1, 0.15) is 30.1 Å². The van der Waals surface area contributed by atoms with Crippen LogP contribution in [0.4, 0.5) is 5.69 Å². The van der Waals surface area contributed by atoms with Crippen LogP contribution in [-0.4, -0.2) is 22.6 Å². The zero-order valence-electron chi connectivity index (χ0n) is 16.6. The number of carbonyl (C=O) groups excluding carboxylic acids is 1. The first kappa shape index (κ1) is 19.5. The van der Waals surface area contributed by atoms with Crippen LogP contribution in [-0.2, 0) is 0 Å². The van der Waals surface area contributed by atoms with E-state index in [1.54, 1.807) is 30.3 Å². The molecule has 0 aliphatic heterocycles. The Balaban J connectivity index is 1.54. The van der Waals surface area contributed by atoms with Gasteiger partial charge in [-0.25, -0.2) is 4.98 Å². The number of rotatable bonds is 7. The van der Waals surface area contributed by atoms with Gasteiger partial charge in [0.25, 0.3) is 5.91 Å². The molecule has 0 bridgehead atoms. The molecule has 0 radical (unpaired) electrons. The number of nitrogens with zero attached hydrogens (tertiary/aromatic N) is 1. The van der Waals surface area contributed by atoms with Gasteiger partial charge in [0.15, 0.2) is 5.58 Å². The number of unbranched alkanes of at least 4 members (excludes halogenated alkanes) is 1. The number of oxazole rings is 1. The van der Waals surface area contributed by atoms with Crippen molar-refractivity contribution in [1.82, 2.24) is 4.98 Å². The van der Waals surface area contributed by atoms with Crippen molar-refractivity contribution in [3.8, 4) is 23.0 Å². The van der Waals surface area contributed by atoms with Gasteiger partial charge in [0.2, 0.25) is 5.89 Å². The van der Waals surface area contributed by atoms with Crippen LogP contribution in [0.25, 0.3) is 22.6 Å². The van der Waals surface area contributed by atoms with Crippen molar-refractivity contribution in [2.75, 3.05) is 11.9 Å². The Morgan fingerprint density at radius 2 is 1.97 bits per heavy atom. The molecule has 0 atom stereocenters. The lowest BCUT2D eigenvalue weighted by atomic mass is 10.1. The van der Waals surface area contributed by atoms with Crippen LogP contribution < -0.4 is 10.1 Å². The standard InChI is InChI=1S/C24H22N2O4/c1-2-3-13-29-18-8-6-7-16(14-18)23(28)25-17-11-12-21(27)19(15-17)24-26-20-9-4-5-10-22(20)30-24/h4-12,14-15,27H,2-3,13H2,1H3,(H,25,28). The summed E-state index contributed by atoms with van der Waals surface area (Å²) in [6.07, 6.45) is 2.01. The minimum Gasteiger partial charge on any atom is -0.507 e. The number of hydrogen-bond acceptors (Lipinski definition) is 5. The highest BCUT2D eigenvalue weighted by Gasteiger charge is 2.14. The van der Waals surface area contributed by atoms with E-state index in [4.69, 9.17) is 9.15 Å². The second kappa shape index (κ2) is 8.69. The van der Waals surface area contributed by atoms with E-state index in [2.05, 4.69) is 17.2 Å². The third kappa shape index (κ3) is 4.27. The Bertz CT molecular complexity index is 1150. The molecule has 2 N–H and O–H groups in total. The van der Waals surface area contributed by atoms with Crippen LogP contribution in [0.5, 0.6) is 11.5 Å². The van der Waals surface area contributed by atoms with E-state index in [0.717, 1.165) is 12.8 Å². The maximum atomic E-state index is 12.7. The smallest absolute Gasteiger partial charge is 0.255 e. The number of aromatic nitrogens is 1. The normalized spacial score (nSPS) is 10.8. The summed E-state index contributed by atoms with van der Waals surface area (Å²) in [4.78, 5) is 17.1. The summed E-state index contributed by atoms with van der Waals surface area (Å²) in [6, 6.07) is 19.2. The monoisotopic (exact) mass is 402 g/mol. The number of anilines is 1. The highest BCUT2D eigenvalue weighted by atomic mass is 16.5. The molecular weight excluding hydrogens is 380 g/mol. The minimum absolute atomic E-state index is 0.0193. The first-order valence-corrected chi connectivity index (χ1v) is 9.87. The van der Waals surface area contributed by atoms with Crippen LogP contribution in [0, 0.1) is 0 Å². The average Bonchev–Trinajstić information content (AvgIpc) is 3.19. The number of ether oxygens (including phenoxy) is 1. The van der Waals surface area contributed by atoms with Crippen LogP contribution in [0.2, 0.25) is 0 Å². The summed E-state index contributed by atoms with van der Waals surface area (Å²) < 4.78 is 11.4. The van der Waals surface area contributed by atoms with Gasteiger partial charge < -0.3 is 19.6 Å². The van der Waals surface area contributed by atoms with E-state index in [-0.39, 0.29) is 17.5 Å². The SMILES string of the molecule is CCCCOc1cccc(C(=O)Nc2ccc(O)c(-c3nc4ccccc4o3)c2)c1. The number of para-hydroxylation sites is 2. The highest BCUT2D eigenvalue weighted by molar-refractivity contribution is 6.04. The second-order valence-electron chi connectivity index (χ2n) is 6.90. The van der Waals surface area contributed by atoms with Crippen molar-refractivity contribution >= 4 is 22.7 Å². The second-order valence-corrected chi connectivity index (χ2v) is 6.90. The van der Waals surface area contributed by atoms with E-state index < -0.39 is 0 Å².